The van der Waals surface area contributed by atoms with Crippen molar-refractivity contribution < 1.29 is 9.59 Å². The van der Waals surface area contributed by atoms with Crippen LogP contribution in [0.5, 0.6) is 0 Å². The predicted molar refractivity (Wildman–Crippen MR) is 136 cm³/mol. The van der Waals surface area contributed by atoms with Gasteiger partial charge in [0, 0.05) is 51.4 Å². The molecule has 0 saturated carbocycles. The number of allylic oxidation sites excluding steroid dienone is 2. The van der Waals surface area contributed by atoms with E-state index in [0.29, 0.717) is 11.4 Å². The number of hydrogen-bond donors (Lipinski definition) is 0. The van der Waals surface area contributed by atoms with E-state index in [9.17, 15) is 9.59 Å². The van der Waals surface area contributed by atoms with Crippen LogP contribution in [-0.4, -0.2) is 82.5 Å². The third kappa shape index (κ3) is 9.20. The van der Waals surface area contributed by atoms with Crippen LogP contribution in [0.1, 0.15) is 54.4 Å². The fourth-order valence-electron chi connectivity index (χ4n) is 3.32. The zero-order valence-corrected chi connectivity index (χ0v) is 23.3. The maximum absolute atomic E-state index is 12.9. The molecule has 1 rings (SSSR count). The van der Waals surface area contributed by atoms with Crippen molar-refractivity contribution in [3.05, 3.63) is 23.5 Å². The number of rotatable bonds is 12. The summed E-state index contributed by atoms with van der Waals surface area (Å²) in [5, 5.41) is 8.14. The highest BCUT2D eigenvalue weighted by Crippen LogP contribution is 2.22. The van der Waals surface area contributed by atoms with E-state index in [1.807, 2.05) is 21.7 Å². The molecule has 0 amide bonds. The van der Waals surface area contributed by atoms with Crippen molar-refractivity contribution in [2.75, 3.05) is 50.9 Å². The van der Waals surface area contributed by atoms with Crippen LogP contribution in [0.15, 0.2) is 23.5 Å². The van der Waals surface area contributed by atoms with E-state index in [1.165, 1.54) is 12.2 Å². The van der Waals surface area contributed by atoms with Crippen LogP contribution >= 0.6 is 31.9 Å². The molecular weight excluding hydrogens is 512 g/mol. The number of carbonyl (C=O) groups is 2. The van der Waals surface area contributed by atoms with Crippen molar-refractivity contribution in [3.63, 3.8) is 0 Å². The molecule has 8 heteroatoms. The summed E-state index contributed by atoms with van der Waals surface area (Å²) in [4.78, 5) is 25.8. The highest BCUT2D eigenvalue weighted by Gasteiger charge is 2.30. The van der Waals surface area contributed by atoms with E-state index in [2.05, 4.69) is 83.4 Å². The smallest absolute Gasteiger partial charge is 0.205 e. The average Bonchev–Trinajstić information content (AvgIpc) is 2.78. The number of carbonyl (C=O) groups excluding carboxylic acids is 2. The Kier molecular flexibility index (Phi) is 20.0. The molecular formula is C22H42Br2N4O2. The average molecular weight is 554 g/mol. The van der Waals surface area contributed by atoms with Gasteiger partial charge < -0.3 is 10.0 Å². The first-order chi connectivity index (χ1) is 14.5. The van der Waals surface area contributed by atoms with E-state index in [1.54, 1.807) is 0 Å². The summed E-state index contributed by atoms with van der Waals surface area (Å²) in [6, 6.07) is 0. The standard InChI is InChI=1S/C20H36N4O2.2CH3Br/c1-7-13-23(21(9-3)10-4)17-15-20(26)18(16-19(17)25)24(14-8-2)22(11-5)12-6;2*1-2/h15-16H,7-14H2,1-6H3;2*1H3. The topological polar surface area (TPSA) is 47.1 Å². The number of ketones is 2. The highest BCUT2D eigenvalue weighted by atomic mass is 79.9. The minimum absolute atomic E-state index is 0.0896. The van der Waals surface area contributed by atoms with Crippen LogP contribution in [0.2, 0.25) is 0 Å². The van der Waals surface area contributed by atoms with Crippen LogP contribution < -0.4 is 0 Å². The second-order valence-corrected chi connectivity index (χ2v) is 6.31. The van der Waals surface area contributed by atoms with Gasteiger partial charge in [0.2, 0.25) is 11.6 Å². The third-order valence-electron chi connectivity index (χ3n) is 4.61. The van der Waals surface area contributed by atoms with Gasteiger partial charge in [0.05, 0.1) is 0 Å². The van der Waals surface area contributed by atoms with Crippen LogP contribution in [0.4, 0.5) is 0 Å². The Hall–Kier alpha value is -0.700. The number of hydrazine groups is 2. The number of halogens is 2. The molecule has 0 aliphatic heterocycles. The maximum atomic E-state index is 12.9. The molecule has 0 aromatic heterocycles. The lowest BCUT2D eigenvalue weighted by Crippen LogP contribution is -2.47. The van der Waals surface area contributed by atoms with Gasteiger partial charge in [0.15, 0.2) is 0 Å². The van der Waals surface area contributed by atoms with E-state index in [4.69, 9.17) is 0 Å². The molecule has 176 valence electrons. The molecule has 0 atom stereocenters. The lowest BCUT2D eigenvalue weighted by atomic mass is 10.0. The highest BCUT2D eigenvalue weighted by molar-refractivity contribution is 9.09. The maximum Gasteiger partial charge on any atom is 0.205 e. The first-order valence-electron chi connectivity index (χ1n) is 10.8. The molecule has 0 heterocycles. The van der Waals surface area contributed by atoms with Gasteiger partial charge in [0.25, 0.3) is 0 Å². The first kappa shape index (κ1) is 31.5. The van der Waals surface area contributed by atoms with E-state index in [0.717, 1.165) is 52.1 Å². The Bertz CT molecular complexity index is 497. The lowest BCUT2D eigenvalue weighted by molar-refractivity contribution is -0.121. The van der Waals surface area contributed by atoms with Gasteiger partial charge in [-0.25, -0.2) is 10.0 Å². The van der Waals surface area contributed by atoms with E-state index >= 15 is 0 Å². The zero-order valence-electron chi connectivity index (χ0n) is 20.2. The molecule has 0 saturated heterocycles. The Balaban J connectivity index is 0. The van der Waals surface area contributed by atoms with Gasteiger partial charge in [-0.3, -0.25) is 9.59 Å². The Labute approximate surface area is 201 Å². The fourth-order valence-corrected chi connectivity index (χ4v) is 3.32. The van der Waals surface area contributed by atoms with E-state index in [-0.39, 0.29) is 11.6 Å². The molecule has 0 N–H and O–H groups in total. The van der Waals surface area contributed by atoms with Gasteiger partial charge in [-0.2, -0.15) is 0 Å². The monoisotopic (exact) mass is 552 g/mol. The molecule has 0 unspecified atom stereocenters. The van der Waals surface area contributed by atoms with Crippen LogP contribution in [0.3, 0.4) is 0 Å². The minimum Gasteiger partial charge on any atom is -0.302 e. The molecule has 30 heavy (non-hydrogen) atoms. The number of alkyl halides is 2. The van der Waals surface area contributed by atoms with Crippen molar-refractivity contribution in [2.45, 2.75) is 54.4 Å². The van der Waals surface area contributed by atoms with E-state index < -0.39 is 0 Å². The molecule has 0 aromatic carbocycles. The van der Waals surface area contributed by atoms with Crippen molar-refractivity contribution in [1.29, 1.82) is 0 Å². The fraction of sp³-hybridized carbons (Fsp3) is 0.727. The molecule has 0 spiro atoms. The van der Waals surface area contributed by atoms with Crippen LogP contribution in [0, 0.1) is 0 Å². The quantitative estimate of drug-likeness (QED) is 0.195. The van der Waals surface area contributed by atoms with Gasteiger partial charge in [0.1, 0.15) is 11.4 Å². The Morgan fingerprint density at radius 2 is 0.867 bits per heavy atom. The van der Waals surface area contributed by atoms with Crippen molar-refractivity contribution >= 4 is 43.4 Å². The molecule has 0 aromatic rings. The molecule has 1 aliphatic rings. The summed E-state index contributed by atoms with van der Waals surface area (Å²) in [5.74, 6) is 3.45. The molecule has 0 bridgehead atoms. The first-order valence-corrected chi connectivity index (χ1v) is 14.0. The van der Waals surface area contributed by atoms with Gasteiger partial charge >= 0.3 is 0 Å². The van der Waals surface area contributed by atoms with Crippen LogP contribution in [0.25, 0.3) is 0 Å². The van der Waals surface area contributed by atoms with Crippen molar-refractivity contribution in [2.24, 2.45) is 0 Å². The van der Waals surface area contributed by atoms with Crippen molar-refractivity contribution in [1.82, 2.24) is 20.0 Å². The molecule has 6 nitrogen and oxygen atoms in total. The summed E-state index contributed by atoms with van der Waals surface area (Å²) < 4.78 is 0. The lowest BCUT2D eigenvalue weighted by Gasteiger charge is -2.39. The summed E-state index contributed by atoms with van der Waals surface area (Å²) >= 11 is 5.88. The second kappa shape index (κ2) is 19.0. The summed E-state index contributed by atoms with van der Waals surface area (Å²) in [6.45, 7) is 17.1. The van der Waals surface area contributed by atoms with Gasteiger partial charge in [-0.15, -0.1) is 0 Å². The zero-order chi connectivity index (χ0) is 23.7. The summed E-state index contributed by atoms with van der Waals surface area (Å²) in [5.41, 5.74) is 0.973. The van der Waals surface area contributed by atoms with Gasteiger partial charge in [-0.1, -0.05) is 73.4 Å². The second-order valence-electron chi connectivity index (χ2n) is 6.31. The third-order valence-corrected chi connectivity index (χ3v) is 4.61. The Morgan fingerprint density at radius 3 is 1.07 bits per heavy atom. The van der Waals surface area contributed by atoms with Crippen molar-refractivity contribution in [3.8, 4) is 0 Å². The van der Waals surface area contributed by atoms with Gasteiger partial charge in [-0.05, 0) is 24.5 Å². The minimum atomic E-state index is -0.0896. The summed E-state index contributed by atoms with van der Waals surface area (Å²) in [6.07, 6.45) is 4.87. The van der Waals surface area contributed by atoms with Crippen LogP contribution in [-0.2, 0) is 9.59 Å². The Morgan fingerprint density at radius 1 is 0.600 bits per heavy atom. The largest absolute Gasteiger partial charge is 0.302 e. The summed E-state index contributed by atoms with van der Waals surface area (Å²) in [7, 11) is 0. The normalized spacial score (nSPS) is 13.2. The predicted octanol–water partition coefficient (Wildman–Crippen LogP) is 4.87. The number of nitrogens with zero attached hydrogens (tertiary/aromatic N) is 4. The molecule has 0 fully saturated rings. The SMILES string of the molecule is CBr.CBr.CCCN(C1=CC(=O)C(N(CCC)N(CC)CC)=CC1=O)N(CC)CC. The molecule has 1 aliphatic carbocycles. The molecule has 0 radical (unpaired) electrons. The number of hydrogen-bond acceptors (Lipinski definition) is 6.